The van der Waals surface area contributed by atoms with Crippen LogP contribution in [0.5, 0.6) is 5.88 Å². The predicted molar refractivity (Wildman–Crippen MR) is 172 cm³/mol. The molecule has 0 aliphatic carbocycles. The first-order valence-corrected chi connectivity index (χ1v) is 14.7. The third kappa shape index (κ3) is 7.34. The molecule has 228 valence electrons. The summed E-state index contributed by atoms with van der Waals surface area (Å²) in [4.78, 5) is 35.4. The summed E-state index contributed by atoms with van der Waals surface area (Å²) in [6, 6.07) is 23.7. The minimum Gasteiger partial charge on any atom is -0.474 e. The number of nitrogens with one attached hydrogen (secondary N) is 1. The van der Waals surface area contributed by atoms with Crippen LogP contribution in [0.2, 0.25) is 0 Å². The van der Waals surface area contributed by atoms with Gasteiger partial charge in [-0.25, -0.2) is 9.37 Å². The normalized spacial score (nSPS) is 13.3. The molecule has 8 nitrogen and oxygen atoms in total. The first-order chi connectivity index (χ1) is 21.2. The number of benzene rings is 3. The zero-order valence-corrected chi connectivity index (χ0v) is 25.6. The van der Waals surface area contributed by atoms with Crippen LogP contribution >= 0.6 is 0 Å². The minimum absolute atomic E-state index is 0.0406. The lowest BCUT2D eigenvalue weighted by atomic mass is 10.0. The van der Waals surface area contributed by atoms with E-state index in [1.54, 1.807) is 36.2 Å². The van der Waals surface area contributed by atoms with Gasteiger partial charge in [0.1, 0.15) is 11.9 Å². The molecule has 2 amide bonds. The van der Waals surface area contributed by atoms with Crippen molar-refractivity contribution in [2.24, 2.45) is 0 Å². The maximum absolute atomic E-state index is 14.2. The van der Waals surface area contributed by atoms with E-state index in [4.69, 9.17) is 4.74 Å². The Balaban J connectivity index is 1.15. The van der Waals surface area contributed by atoms with Crippen molar-refractivity contribution >= 4 is 23.2 Å². The Kier molecular flexibility index (Phi) is 9.43. The first kappa shape index (κ1) is 30.5. The molecule has 1 fully saturated rings. The van der Waals surface area contributed by atoms with Gasteiger partial charge in [0.05, 0.1) is 5.56 Å². The fraction of sp³-hybridized carbons (Fsp3) is 0.286. The van der Waals surface area contributed by atoms with E-state index in [0.29, 0.717) is 55.2 Å². The summed E-state index contributed by atoms with van der Waals surface area (Å²) in [7, 11) is 7.44. The highest BCUT2D eigenvalue weighted by Gasteiger charge is 2.27. The second kappa shape index (κ2) is 13.6. The maximum atomic E-state index is 14.2. The summed E-state index contributed by atoms with van der Waals surface area (Å²) in [5.74, 6) is -0.163. The monoisotopic (exact) mass is 595 g/mol. The number of carbonyl (C=O) groups excluding carboxylic acids is 2. The molecule has 2 heterocycles. The first-order valence-electron chi connectivity index (χ1n) is 14.7. The van der Waals surface area contributed by atoms with E-state index >= 15 is 0 Å². The molecule has 44 heavy (non-hydrogen) atoms. The van der Waals surface area contributed by atoms with Crippen molar-refractivity contribution in [2.75, 3.05) is 51.5 Å². The van der Waals surface area contributed by atoms with Crippen molar-refractivity contribution in [3.8, 4) is 17.0 Å². The summed E-state index contributed by atoms with van der Waals surface area (Å²) in [5, 5.41) is 3.32. The Bertz CT molecular complexity index is 1580. The van der Waals surface area contributed by atoms with Crippen LogP contribution in [0.25, 0.3) is 11.1 Å². The van der Waals surface area contributed by atoms with Crippen LogP contribution in [0.15, 0.2) is 85.1 Å². The van der Waals surface area contributed by atoms with E-state index in [2.05, 4.69) is 10.3 Å². The molecule has 5 rings (SSSR count). The molecular formula is C35H38FN5O3. The maximum Gasteiger partial charge on any atom is 0.256 e. The number of nitrogens with zero attached hydrogens (tertiary/aromatic N) is 4. The van der Waals surface area contributed by atoms with Crippen molar-refractivity contribution in [1.82, 2.24) is 14.8 Å². The summed E-state index contributed by atoms with van der Waals surface area (Å²) >= 11 is 0. The Labute approximate surface area is 258 Å². The molecule has 0 unspecified atom stereocenters. The van der Waals surface area contributed by atoms with Gasteiger partial charge in [0.15, 0.2) is 0 Å². The number of ether oxygens (including phenoxy) is 1. The van der Waals surface area contributed by atoms with Crippen LogP contribution in [0, 0.1) is 5.82 Å². The largest absolute Gasteiger partial charge is 0.474 e. The number of amides is 2. The third-order valence-electron chi connectivity index (χ3n) is 7.77. The molecule has 0 spiro atoms. The van der Waals surface area contributed by atoms with E-state index in [-0.39, 0.29) is 17.9 Å². The fourth-order valence-corrected chi connectivity index (χ4v) is 5.16. The molecule has 0 saturated carbocycles. The van der Waals surface area contributed by atoms with Gasteiger partial charge in [-0.15, -0.1) is 0 Å². The smallest absolute Gasteiger partial charge is 0.256 e. The van der Waals surface area contributed by atoms with Gasteiger partial charge in [-0.3, -0.25) is 9.59 Å². The minimum atomic E-state index is -0.444. The van der Waals surface area contributed by atoms with E-state index in [1.165, 1.54) is 12.1 Å². The molecule has 1 aromatic heterocycles. The lowest BCUT2D eigenvalue weighted by Crippen LogP contribution is -2.42. The lowest BCUT2D eigenvalue weighted by molar-refractivity contribution is 0.0588. The fourth-order valence-electron chi connectivity index (χ4n) is 5.16. The van der Waals surface area contributed by atoms with Gasteiger partial charge in [0.25, 0.3) is 11.8 Å². The van der Waals surface area contributed by atoms with Crippen molar-refractivity contribution in [2.45, 2.75) is 25.5 Å². The molecule has 1 aliphatic heterocycles. The number of hydrogen-bond acceptors (Lipinski definition) is 6. The summed E-state index contributed by atoms with van der Waals surface area (Å²) in [6.07, 6.45) is 2.97. The second-order valence-corrected chi connectivity index (χ2v) is 11.4. The molecular weight excluding hydrogens is 557 g/mol. The van der Waals surface area contributed by atoms with Crippen molar-refractivity contribution < 1.29 is 18.7 Å². The van der Waals surface area contributed by atoms with Crippen LogP contribution in [-0.4, -0.2) is 74.0 Å². The average Bonchev–Trinajstić information content (AvgIpc) is 3.04. The summed E-state index contributed by atoms with van der Waals surface area (Å²) in [5.41, 5.74) is 5.61. The van der Waals surface area contributed by atoms with E-state index in [9.17, 15) is 14.0 Å². The van der Waals surface area contributed by atoms with Gasteiger partial charge in [-0.05, 0) is 59.7 Å². The van der Waals surface area contributed by atoms with Crippen molar-refractivity contribution in [3.05, 3.63) is 108 Å². The number of likely N-dealkylation sites (tertiary alicyclic amines) is 1. The Morgan fingerprint density at radius 1 is 0.909 bits per heavy atom. The van der Waals surface area contributed by atoms with Crippen molar-refractivity contribution in [1.29, 1.82) is 0 Å². The third-order valence-corrected chi connectivity index (χ3v) is 7.77. The average molecular weight is 596 g/mol. The van der Waals surface area contributed by atoms with Crippen LogP contribution in [0.1, 0.15) is 39.1 Å². The van der Waals surface area contributed by atoms with Gasteiger partial charge in [-0.1, -0.05) is 24.3 Å². The predicted octanol–water partition coefficient (Wildman–Crippen LogP) is 5.95. The summed E-state index contributed by atoms with van der Waals surface area (Å²) in [6.45, 7) is 1.52. The topological polar surface area (TPSA) is 78.0 Å². The van der Waals surface area contributed by atoms with Gasteiger partial charge < -0.3 is 24.8 Å². The molecule has 4 aromatic rings. The van der Waals surface area contributed by atoms with E-state index < -0.39 is 5.82 Å². The Morgan fingerprint density at radius 2 is 1.59 bits per heavy atom. The van der Waals surface area contributed by atoms with Gasteiger partial charge in [-0.2, -0.15) is 0 Å². The zero-order valence-electron chi connectivity index (χ0n) is 25.6. The van der Waals surface area contributed by atoms with Crippen LogP contribution in [-0.2, 0) is 6.54 Å². The van der Waals surface area contributed by atoms with Gasteiger partial charge >= 0.3 is 0 Å². The molecule has 0 bridgehead atoms. The lowest BCUT2D eigenvalue weighted by Gasteiger charge is -2.32. The molecule has 3 aromatic carbocycles. The Hall–Kier alpha value is -4.92. The molecule has 9 heteroatoms. The highest BCUT2D eigenvalue weighted by molar-refractivity contribution is 5.99. The number of pyridine rings is 1. The quantitative estimate of drug-likeness (QED) is 0.258. The number of aromatic nitrogens is 1. The number of rotatable bonds is 9. The molecule has 0 atom stereocenters. The van der Waals surface area contributed by atoms with Crippen LogP contribution < -0.4 is 15.0 Å². The Morgan fingerprint density at radius 3 is 2.20 bits per heavy atom. The highest BCUT2D eigenvalue weighted by Crippen LogP contribution is 2.26. The van der Waals surface area contributed by atoms with E-state index in [1.807, 2.05) is 79.7 Å². The van der Waals surface area contributed by atoms with Crippen molar-refractivity contribution in [3.63, 3.8) is 0 Å². The number of piperidine rings is 1. The van der Waals surface area contributed by atoms with Gasteiger partial charge in [0.2, 0.25) is 5.88 Å². The summed E-state index contributed by atoms with van der Waals surface area (Å²) < 4.78 is 20.4. The molecule has 0 radical (unpaired) electrons. The number of halogens is 1. The zero-order chi connectivity index (χ0) is 31.2. The molecule has 1 N–H and O–H groups in total. The van der Waals surface area contributed by atoms with Crippen LogP contribution in [0.4, 0.5) is 15.8 Å². The van der Waals surface area contributed by atoms with Crippen LogP contribution in [0.3, 0.4) is 0 Å². The molecule has 1 aliphatic rings. The number of hydrogen-bond donors (Lipinski definition) is 1. The molecule has 1 saturated heterocycles. The standard InChI is InChI=1S/C35H38FN5O3/c1-39(2)29-13-5-24(6-14-29)22-37-32-15-12-28(36)21-31(32)35(43)41-19-17-30(18-20-41)44-33-16-11-27(23-38-33)25-7-9-26(10-8-25)34(42)40(3)4/h5-16,21,23,30,37H,17-20,22H2,1-4H3. The van der Waals surface area contributed by atoms with Gasteiger partial charge in [0, 0.05) is 95.4 Å². The second-order valence-electron chi connectivity index (χ2n) is 11.4. The SMILES string of the molecule is CN(C)C(=O)c1ccc(-c2ccc(OC3CCN(C(=O)c4cc(F)ccc4NCc4ccc(N(C)C)cc4)CC3)nc2)cc1. The highest BCUT2D eigenvalue weighted by atomic mass is 19.1. The number of anilines is 2. The van der Waals surface area contributed by atoms with E-state index in [0.717, 1.165) is 22.4 Å². The number of carbonyl (C=O) groups is 2.